The van der Waals surface area contributed by atoms with Gasteiger partial charge in [-0.2, -0.15) is 0 Å². The van der Waals surface area contributed by atoms with Crippen LogP contribution < -0.4 is 10.6 Å². The SMILES string of the molecule is CNc1ccc(C(=O)NCC2CCCCN2C)cn1. The van der Waals surface area contributed by atoms with Crippen molar-refractivity contribution in [3.63, 3.8) is 0 Å². The number of anilines is 1. The van der Waals surface area contributed by atoms with Gasteiger partial charge in [0, 0.05) is 25.8 Å². The van der Waals surface area contributed by atoms with Crippen molar-refractivity contribution < 1.29 is 4.79 Å². The van der Waals surface area contributed by atoms with Crippen LogP contribution in [0, 0.1) is 0 Å². The monoisotopic (exact) mass is 262 g/mol. The zero-order valence-corrected chi connectivity index (χ0v) is 11.6. The minimum atomic E-state index is -0.0471. The first-order chi connectivity index (χ1) is 9.20. The van der Waals surface area contributed by atoms with E-state index in [2.05, 4.69) is 27.6 Å². The molecule has 1 amide bonds. The molecular formula is C14H22N4O. The first-order valence-corrected chi connectivity index (χ1v) is 6.83. The van der Waals surface area contributed by atoms with Crippen LogP contribution in [-0.4, -0.2) is 49.0 Å². The summed E-state index contributed by atoms with van der Waals surface area (Å²) in [6.07, 6.45) is 5.28. The maximum absolute atomic E-state index is 12.0. The Morgan fingerprint density at radius 2 is 2.32 bits per heavy atom. The molecule has 1 aromatic heterocycles. The van der Waals surface area contributed by atoms with Crippen molar-refractivity contribution in [3.8, 4) is 0 Å². The van der Waals surface area contributed by atoms with Crippen molar-refractivity contribution in [2.45, 2.75) is 25.3 Å². The Morgan fingerprint density at radius 3 is 2.95 bits per heavy atom. The van der Waals surface area contributed by atoms with Gasteiger partial charge in [0.15, 0.2) is 0 Å². The number of carbonyl (C=O) groups is 1. The van der Waals surface area contributed by atoms with Crippen LogP contribution in [0.1, 0.15) is 29.6 Å². The summed E-state index contributed by atoms with van der Waals surface area (Å²) in [5.74, 6) is 0.720. The maximum atomic E-state index is 12.0. The van der Waals surface area contributed by atoms with E-state index in [1.807, 2.05) is 6.07 Å². The molecular weight excluding hydrogens is 240 g/mol. The van der Waals surface area contributed by atoms with E-state index in [0.29, 0.717) is 18.2 Å². The molecule has 0 saturated carbocycles. The fraction of sp³-hybridized carbons (Fsp3) is 0.571. The molecule has 2 heterocycles. The molecule has 1 unspecified atom stereocenters. The first kappa shape index (κ1) is 13.8. The van der Waals surface area contributed by atoms with Gasteiger partial charge in [-0.1, -0.05) is 6.42 Å². The van der Waals surface area contributed by atoms with Crippen molar-refractivity contribution in [2.24, 2.45) is 0 Å². The lowest BCUT2D eigenvalue weighted by atomic mass is 10.0. The van der Waals surface area contributed by atoms with Crippen LogP contribution in [0.4, 0.5) is 5.82 Å². The summed E-state index contributed by atoms with van der Waals surface area (Å²) in [7, 11) is 3.93. The molecule has 5 nitrogen and oxygen atoms in total. The average Bonchev–Trinajstić information content (AvgIpc) is 2.46. The number of nitrogens with one attached hydrogen (secondary N) is 2. The number of carbonyl (C=O) groups excluding carboxylic acids is 1. The molecule has 104 valence electrons. The van der Waals surface area contributed by atoms with Gasteiger partial charge in [0.1, 0.15) is 5.82 Å². The molecule has 0 radical (unpaired) electrons. The number of aromatic nitrogens is 1. The van der Waals surface area contributed by atoms with E-state index in [-0.39, 0.29) is 5.91 Å². The van der Waals surface area contributed by atoms with Crippen LogP contribution in [0.25, 0.3) is 0 Å². The molecule has 0 aromatic carbocycles. The predicted octanol–water partition coefficient (Wildman–Crippen LogP) is 1.34. The Labute approximate surface area is 114 Å². The van der Waals surface area contributed by atoms with Crippen molar-refractivity contribution in [3.05, 3.63) is 23.9 Å². The zero-order valence-electron chi connectivity index (χ0n) is 11.6. The average molecular weight is 262 g/mol. The molecule has 1 aliphatic heterocycles. The van der Waals surface area contributed by atoms with Crippen LogP contribution in [0.2, 0.25) is 0 Å². The first-order valence-electron chi connectivity index (χ1n) is 6.83. The van der Waals surface area contributed by atoms with Gasteiger partial charge < -0.3 is 15.5 Å². The van der Waals surface area contributed by atoms with Gasteiger partial charge >= 0.3 is 0 Å². The molecule has 0 bridgehead atoms. The molecule has 0 aliphatic carbocycles. The highest BCUT2D eigenvalue weighted by molar-refractivity contribution is 5.94. The van der Waals surface area contributed by atoms with E-state index < -0.39 is 0 Å². The Balaban J connectivity index is 1.86. The number of rotatable bonds is 4. The summed E-state index contributed by atoms with van der Waals surface area (Å²) >= 11 is 0. The largest absolute Gasteiger partial charge is 0.373 e. The van der Waals surface area contributed by atoms with Crippen LogP contribution in [0.15, 0.2) is 18.3 Å². The molecule has 2 N–H and O–H groups in total. The number of likely N-dealkylation sites (N-methyl/N-ethyl adjacent to an activating group) is 1. The van der Waals surface area contributed by atoms with E-state index in [1.54, 1.807) is 19.3 Å². The molecule has 2 rings (SSSR count). The van der Waals surface area contributed by atoms with Crippen LogP contribution in [-0.2, 0) is 0 Å². The third-order valence-electron chi connectivity index (χ3n) is 3.70. The summed E-state index contributed by atoms with van der Waals surface area (Å²) < 4.78 is 0. The second kappa shape index (κ2) is 6.52. The number of nitrogens with zero attached hydrogens (tertiary/aromatic N) is 2. The highest BCUT2D eigenvalue weighted by atomic mass is 16.1. The van der Waals surface area contributed by atoms with Crippen molar-refractivity contribution in [2.75, 3.05) is 32.5 Å². The van der Waals surface area contributed by atoms with Gasteiger partial charge in [-0.3, -0.25) is 4.79 Å². The van der Waals surface area contributed by atoms with Gasteiger partial charge in [0.2, 0.25) is 0 Å². The molecule has 1 aromatic rings. The topological polar surface area (TPSA) is 57.3 Å². The molecule has 19 heavy (non-hydrogen) atoms. The smallest absolute Gasteiger partial charge is 0.252 e. The number of pyridine rings is 1. The van der Waals surface area contributed by atoms with E-state index in [9.17, 15) is 4.79 Å². The lowest BCUT2D eigenvalue weighted by Crippen LogP contribution is -2.44. The molecule has 0 spiro atoms. The van der Waals surface area contributed by atoms with Crippen molar-refractivity contribution in [1.29, 1.82) is 0 Å². The van der Waals surface area contributed by atoms with Gasteiger partial charge in [0.05, 0.1) is 5.56 Å². The Bertz CT molecular complexity index is 418. The van der Waals surface area contributed by atoms with Crippen molar-refractivity contribution in [1.82, 2.24) is 15.2 Å². The third-order valence-corrected chi connectivity index (χ3v) is 3.70. The minimum absolute atomic E-state index is 0.0471. The predicted molar refractivity (Wildman–Crippen MR) is 76.4 cm³/mol. The number of piperidine rings is 1. The maximum Gasteiger partial charge on any atom is 0.252 e. The molecule has 1 fully saturated rings. The fourth-order valence-electron chi connectivity index (χ4n) is 2.39. The molecule has 5 heteroatoms. The Hall–Kier alpha value is -1.62. The highest BCUT2D eigenvalue weighted by Gasteiger charge is 2.19. The van der Waals surface area contributed by atoms with E-state index in [4.69, 9.17) is 0 Å². The standard InChI is InChI=1S/C14H22N4O/c1-15-13-7-6-11(9-16-13)14(19)17-10-12-5-3-4-8-18(12)2/h6-7,9,12H,3-5,8,10H2,1-2H3,(H,15,16)(H,17,19). The van der Waals surface area contributed by atoms with Gasteiger partial charge in [-0.15, -0.1) is 0 Å². The second-order valence-electron chi connectivity index (χ2n) is 5.02. The van der Waals surface area contributed by atoms with Gasteiger partial charge in [0.25, 0.3) is 5.91 Å². The van der Waals surface area contributed by atoms with Crippen LogP contribution >= 0.6 is 0 Å². The van der Waals surface area contributed by atoms with E-state index in [0.717, 1.165) is 18.8 Å². The Kier molecular flexibility index (Phi) is 4.74. The quantitative estimate of drug-likeness (QED) is 0.859. The molecule has 1 saturated heterocycles. The van der Waals surface area contributed by atoms with Gasteiger partial charge in [-0.05, 0) is 38.6 Å². The highest BCUT2D eigenvalue weighted by Crippen LogP contribution is 2.14. The molecule has 1 atom stereocenters. The number of hydrogen-bond acceptors (Lipinski definition) is 4. The third kappa shape index (κ3) is 3.67. The van der Waals surface area contributed by atoms with Gasteiger partial charge in [-0.25, -0.2) is 4.98 Å². The van der Waals surface area contributed by atoms with E-state index >= 15 is 0 Å². The summed E-state index contributed by atoms with van der Waals surface area (Å²) in [6, 6.07) is 4.06. The lowest BCUT2D eigenvalue weighted by molar-refractivity contribution is 0.0928. The Morgan fingerprint density at radius 1 is 1.47 bits per heavy atom. The number of likely N-dealkylation sites (tertiary alicyclic amines) is 1. The summed E-state index contributed by atoms with van der Waals surface area (Å²) in [5, 5.41) is 5.93. The van der Waals surface area contributed by atoms with Crippen molar-refractivity contribution >= 4 is 11.7 Å². The fourth-order valence-corrected chi connectivity index (χ4v) is 2.39. The number of hydrogen-bond donors (Lipinski definition) is 2. The minimum Gasteiger partial charge on any atom is -0.373 e. The molecule has 1 aliphatic rings. The summed E-state index contributed by atoms with van der Waals surface area (Å²) in [5.41, 5.74) is 0.609. The lowest BCUT2D eigenvalue weighted by Gasteiger charge is -2.32. The van der Waals surface area contributed by atoms with Crippen LogP contribution in [0.5, 0.6) is 0 Å². The second-order valence-corrected chi connectivity index (χ2v) is 5.02. The summed E-state index contributed by atoms with van der Waals surface area (Å²) in [4.78, 5) is 18.5. The normalized spacial score (nSPS) is 20.0. The number of amides is 1. The van der Waals surface area contributed by atoms with Crippen LogP contribution in [0.3, 0.4) is 0 Å². The zero-order chi connectivity index (χ0) is 13.7. The van der Waals surface area contributed by atoms with E-state index in [1.165, 1.54) is 12.8 Å². The summed E-state index contributed by atoms with van der Waals surface area (Å²) in [6.45, 7) is 1.84.